The Morgan fingerprint density at radius 1 is 1.07 bits per heavy atom. The second-order valence-corrected chi connectivity index (χ2v) is 12.1. The molecule has 9 nitrogen and oxygen atoms in total. The molecule has 216 valence electrons. The largest absolute Gasteiger partial charge is 0.481 e. The number of benzene rings is 2. The molecule has 3 rings (SSSR count). The first-order valence-corrected chi connectivity index (χ1v) is 14.1. The predicted molar refractivity (Wildman–Crippen MR) is 157 cm³/mol. The first-order chi connectivity index (χ1) is 18.8. The summed E-state index contributed by atoms with van der Waals surface area (Å²) in [6.07, 6.45) is 3.61. The number of carboxylic acids is 1. The van der Waals surface area contributed by atoms with Gasteiger partial charge in [-0.05, 0) is 72.9 Å². The quantitative estimate of drug-likeness (QED) is 0.139. The van der Waals surface area contributed by atoms with E-state index in [-0.39, 0.29) is 35.3 Å². The normalized spacial score (nSPS) is 17.8. The Morgan fingerprint density at radius 2 is 1.68 bits per heavy atom. The van der Waals surface area contributed by atoms with Crippen LogP contribution < -0.4 is 5.32 Å². The summed E-state index contributed by atoms with van der Waals surface area (Å²) >= 11 is 12.4. The first-order valence-electron chi connectivity index (χ1n) is 13.3. The van der Waals surface area contributed by atoms with Crippen LogP contribution in [0.2, 0.25) is 10.0 Å². The van der Waals surface area contributed by atoms with E-state index in [9.17, 15) is 19.7 Å². The molecule has 0 bridgehead atoms. The van der Waals surface area contributed by atoms with Gasteiger partial charge in [-0.2, -0.15) is 0 Å². The van der Waals surface area contributed by atoms with Crippen molar-refractivity contribution in [3.8, 4) is 0 Å². The number of nitro groups is 1. The lowest BCUT2D eigenvalue weighted by Crippen LogP contribution is -2.45. The van der Waals surface area contributed by atoms with E-state index in [4.69, 9.17) is 28.3 Å². The average Bonchev–Trinajstić information content (AvgIpc) is 2.85. The van der Waals surface area contributed by atoms with Crippen molar-refractivity contribution in [3.05, 3.63) is 73.8 Å². The molecule has 0 atom stereocenters. The monoisotopic (exact) mass is 590 g/mol. The topological polar surface area (TPSA) is 125 Å². The number of amides is 1. The minimum atomic E-state index is -0.987. The average molecular weight is 592 g/mol. The smallest absolute Gasteiger partial charge is 0.305 e. The van der Waals surface area contributed by atoms with Crippen molar-refractivity contribution < 1.29 is 19.6 Å². The van der Waals surface area contributed by atoms with E-state index in [0.29, 0.717) is 39.6 Å². The van der Waals surface area contributed by atoms with Crippen LogP contribution in [0.1, 0.15) is 68.8 Å². The number of rotatable bonds is 10. The van der Waals surface area contributed by atoms with Gasteiger partial charge in [0.2, 0.25) is 0 Å². The molecule has 11 heteroatoms. The number of carbonyl (C=O) groups is 2. The number of hydrogen-bond acceptors (Lipinski definition) is 5. The molecule has 1 fully saturated rings. The third-order valence-electron chi connectivity index (χ3n) is 7.26. The van der Waals surface area contributed by atoms with Crippen molar-refractivity contribution in [1.82, 2.24) is 10.2 Å². The maximum Gasteiger partial charge on any atom is 0.305 e. The van der Waals surface area contributed by atoms with Crippen LogP contribution in [0.15, 0.2) is 47.5 Å². The molecule has 0 aromatic heterocycles. The molecular weight excluding hydrogens is 555 g/mol. The van der Waals surface area contributed by atoms with Crippen molar-refractivity contribution in [2.45, 2.75) is 65.5 Å². The molecule has 1 amide bonds. The van der Waals surface area contributed by atoms with Gasteiger partial charge in [0.05, 0.1) is 12.1 Å². The van der Waals surface area contributed by atoms with E-state index in [1.54, 1.807) is 42.5 Å². The maximum absolute atomic E-state index is 12.4. The Balaban J connectivity index is 1.90. The molecular formula is C29H36Cl2N4O5. The standard InChI is InChI=1S/C29H36Cl2N4O5/c1-29(2,3)21-8-10-25(11-9-21)34(26(18-35(39)40)33-24-15-22(30)14-23(31)16-24)17-19-4-6-20(7-5-19)28(38)32-13-12-27(36)37/h4-7,14-16,21,25H,8-13,17-18H2,1-3H3,(H,32,38)(H,36,37). The van der Waals surface area contributed by atoms with Gasteiger partial charge >= 0.3 is 5.97 Å². The third-order valence-corrected chi connectivity index (χ3v) is 7.70. The van der Waals surface area contributed by atoms with Crippen molar-refractivity contribution in [2.24, 2.45) is 16.3 Å². The summed E-state index contributed by atoms with van der Waals surface area (Å²) in [5.74, 6) is -0.469. The molecule has 2 aromatic rings. The summed E-state index contributed by atoms with van der Waals surface area (Å²) < 4.78 is 0. The van der Waals surface area contributed by atoms with Gasteiger partial charge in [0, 0.05) is 39.7 Å². The van der Waals surface area contributed by atoms with Crippen LogP contribution in [0.5, 0.6) is 0 Å². The second-order valence-electron chi connectivity index (χ2n) is 11.2. The van der Waals surface area contributed by atoms with E-state index >= 15 is 0 Å². The highest BCUT2D eigenvalue weighted by atomic mass is 35.5. The zero-order valence-electron chi connectivity index (χ0n) is 23.0. The van der Waals surface area contributed by atoms with Crippen LogP contribution in [-0.4, -0.2) is 51.8 Å². The fourth-order valence-corrected chi connectivity index (χ4v) is 5.60. The summed E-state index contributed by atoms with van der Waals surface area (Å²) in [6.45, 7) is 6.68. The predicted octanol–water partition coefficient (Wildman–Crippen LogP) is 6.61. The van der Waals surface area contributed by atoms with E-state index in [1.165, 1.54) is 0 Å². The van der Waals surface area contributed by atoms with E-state index in [2.05, 4.69) is 31.1 Å². The third kappa shape index (κ3) is 9.48. The summed E-state index contributed by atoms with van der Waals surface area (Å²) in [5, 5.41) is 23.9. The van der Waals surface area contributed by atoms with Crippen LogP contribution >= 0.6 is 23.2 Å². The van der Waals surface area contributed by atoms with Gasteiger partial charge in [-0.1, -0.05) is 56.1 Å². The number of amidine groups is 1. The van der Waals surface area contributed by atoms with Gasteiger partial charge in [-0.15, -0.1) is 0 Å². The Hall–Kier alpha value is -3.17. The Labute approximate surface area is 244 Å². The molecule has 0 spiro atoms. The molecule has 0 unspecified atom stereocenters. The highest BCUT2D eigenvalue weighted by Crippen LogP contribution is 2.39. The zero-order chi connectivity index (χ0) is 29.4. The number of halogens is 2. The second kappa shape index (κ2) is 13.9. The number of aliphatic carboxylic acids is 1. The van der Waals surface area contributed by atoms with Crippen LogP contribution in [0.3, 0.4) is 0 Å². The lowest BCUT2D eigenvalue weighted by molar-refractivity contribution is -0.464. The van der Waals surface area contributed by atoms with Crippen LogP contribution in [0, 0.1) is 21.4 Å². The zero-order valence-corrected chi connectivity index (χ0v) is 24.5. The Bertz CT molecular complexity index is 1220. The van der Waals surface area contributed by atoms with Gasteiger partial charge in [0.1, 0.15) is 0 Å². The van der Waals surface area contributed by atoms with E-state index in [1.807, 2.05) is 4.90 Å². The SMILES string of the molecule is CC(C)(C)C1CCC(N(Cc2ccc(C(=O)NCCC(=O)O)cc2)C(C[N+](=O)[O-])=Nc2cc(Cl)cc(Cl)c2)CC1. The number of nitrogens with one attached hydrogen (secondary N) is 1. The van der Waals surface area contributed by atoms with Crippen molar-refractivity contribution >= 4 is 46.6 Å². The lowest BCUT2D eigenvalue weighted by atomic mass is 9.71. The highest BCUT2D eigenvalue weighted by Gasteiger charge is 2.34. The molecule has 1 saturated carbocycles. The first kappa shape index (κ1) is 31.4. The summed E-state index contributed by atoms with van der Waals surface area (Å²) in [4.78, 5) is 41.2. The van der Waals surface area contributed by atoms with Crippen LogP contribution in [0.4, 0.5) is 5.69 Å². The molecule has 2 aromatic carbocycles. The minimum Gasteiger partial charge on any atom is -0.481 e. The molecule has 1 aliphatic rings. The van der Waals surface area contributed by atoms with Gasteiger partial charge in [0.25, 0.3) is 12.5 Å². The van der Waals surface area contributed by atoms with E-state index in [0.717, 1.165) is 31.2 Å². The fraction of sp³-hybridized carbons (Fsp3) is 0.483. The number of hydrogen-bond donors (Lipinski definition) is 2. The molecule has 0 saturated heterocycles. The van der Waals surface area contributed by atoms with Crippen LogP contribution in [0.25, 0.3) is 0 Å². The van der Waals surface area contributed by atoms with Crippen molar-refractivity contribution in [2.75, 3.05) is 13.1 Å². The number of carboxylic acid groups (broad SMARTS) is 1. The van der Waals surface area contributed by atoms with Crippen molar-refractivity contribution in [3.63, 3.8) is 0 Å². The van der Waals surface area contributed by atoms with Gasteiger partial charge in [0.15, 0.2) is 5.84 Å². The van der Waals surface area contributed by atoms with Crippen LogP contribution in [-0.2, 0) is 11.3 Å². The highest BCUT2D eigenvalue weighted by molar-refractivity contribution is 6.35. The van der Waals surface area contributed by atoms with E-state index < -0.39 is 12.5 Å². The van der Waals surface area contributed by atoms with Gasteiger partial charge in [-0.3, -0.25) is 19.7 Å². The maximum atomic E-state index is 12.4. The van der Waals surface area contributed by atoms with Gasteiger partial charge < -0.3 is 15.3 Å². The molecule has 2 N–H and O–H groups in total. The molecule has 0 heterocycles. The summed E-state index contributed by atoms with van der Waals surface area (Å²) in [6, 6.07) is 11.8. The minimum absolute atomic E-state index is 0.0369. The Kier molecular flexibility index (Phi) is 10.9. The molecule has 0 aliphatic heterocycles. The molecule has 1 aliphatic carbocycles. The molecule has 0 radical (unpaired) electrons. The number of nitrogens with zero attached hydrogens (tertiary/aromatic N) is 3. The van der Waals surface area contributed by atoms with Crippen molar-refractivity contribution in [1.29, 1.82) is 0 Å². The number of aliphatic imine (C=N–C) groups is 1. The molecule has 40 heavy (non-hydrogen) atoms. The lowest BCUT2D eigenvalue weighted by Gasteiger charge is -2.41. The van der Waals surface area contributed by atoms with Gasteiger partial charge in [-0.25, -0.2) is 4.99 Å². The fourth-order valence-electron chi connectivity index (χ4n) is 5.09. The summed E-state index contributed by atoms with van der Waals surface area (Å²) in [7, 11) is 0. The summed E-state index contributed by atoms with van der Waals surface area (Å²) in [5.41, 5.74) is 1.89. The number of carbonyl (C=O) groups excluding carboxylic acids is 1. The Morgan fingerprint density at radius 3 is 2.20 bits per heavy atom.